The van der Waals surface area contributed by atoms with Crippen molar-refractivity contribution in [1.29, 1.82) is 0 Å². The lowest BCUT2D eigenvalue weighted by atomic mass is 10.0. The fourth-order valence-corrected chi connectivity index (χ4v) is 2.72. The molecule has 1 fully saturated rings. The van der Waals surface area contributed by atoms with E-state index in [2.05, 4.69) is 0 Å². The van der Waals surface area contributed by atoms with E-state index >= 15 is 0 Å². The Morgan fingerprint density at radius 2 is 1.96 bits per heavy atom. The van der Waals surface area contributed by atoms with Crippen molar-refractivity contribution in [2.24, 2.45) is 0 Å². The number of imide groups is 1. The summed E-state index contributed by atoms with van der Waals surface area (Å²) < 4.78 is 44.4. The highest BCUT2D eigenvalue weighted by molar-refractivity contribution is 5.94. The average molecular weight is 388 g/mol. The minimum Gasteiger partial charge on any atom is -0.480 e. The fraction of sp³-hybridized carbons (Fsp3) is 0.471. The molecule has 0 aromatic heterocycles. The first-order valence-corrected chi connectivity index (χ1v) is 8.18. The molecule has 1 heterocycles. The second-order valence-electron chi connectivity index (χ2n) is 6.21. The molecule has 1 aromatic carbocycles. The molecule has 27 heavy (non-hydrogen) atoms. The number of aliphatic carboxylic acids is 1. The van der Waals surface area contributed by atoms with Crippen LogP contribution < -0.4 is 5.32 Å². The molecule has 0 bridgehead atoms. The van der Waals surface area contributed by atoms with Crippen molar-refractivity contribution in [1.82, 2.24) is 10.2 Å². The molecule has 1 saturated heterocycles. The van der Waals surface area contributed by atoms with Crippen LogP contribution in [0.1, 0.15) is 18.9 Å². The van der Waals surface area contributed by atoms with Crippen LogP contribution in [0.2, 0.25) is 0 Å². The lowest BCUT2D eigenvalue weighted by Gasteiger charge is -2.26. The topological polar surface area (TPSA) is 95.9 Å². The third kappa shape index (κ3) is 5.43. The SMILES string of the molecule is C[C@H](NC(CC(=O)N1C(=O)OC[C@@H]1Cc1ccccc1)C(F)(F)F)C(=O)O. The number of nitrogens with zero attached hydrogens (tertiary/aromatic N) is 1. The third-order valence-electron chi connectivity index (χ3n) is 4.14. The van der Waals surface area contributed by atoms with Gasteiger partial charge < -0.3 is 9.84 Å². The van der Waals surface area contributed by atoms with Crippen LogP contribution in [0.25, 0.3) is 0 Å². The Morgan fingerprint density at radius 1 is 1.33 bits per heavy atom. The molecule has 0 saturated carbocycles. The molecule has 0 spiro atoms. The third-order valence-corrected chi connectivity index (χ3v) is 4.14. The number of cyclic esters (lactones) is 1. The largest absolute Gasteiger partial charge is 0.480 e. The minimum atomic E-state index is -4.86. The molecule has 7 nitrogen and oxygen atoms in total. The summed E-state index contributed by atoms with van der Waals surface area (Å²) in [4.78, 5) is 35.8. The quantitative estimate of drug-likeness (QED) is 0.741. The number of carboxylic acid groups (broad SMARTS) is 1. The van der Waals surface area contributed by atoms with Gasteiger partial charge in [0.15, 0.2) is 0 Å². The van der Waals surface area contributed by atoms with Crippen molar-refractivity contribution >= 4 is 18.0 Å². The van der Waals surface area contributed by atoms with E-state index in [0.29, 0.717) is 4.90 Å². The molecule has 0 radical (unpaired) electrons. The number of rotatable bonds is 7. The Kier molecular flexibility index (Phi) is 6.42. The molecular weight excluding hydrogens is 369 g/mol. The molecule has 2 amide bonds. The van der Waals surface area contributed by atoms with E-state index in [1.807, 2.05) is 5.32 Å². The van der Waals surface area contributed by atoms with Crippen LogP contribution in [-0.4, -0.2) is 58.9 Å². The van der Waals surface area contributed by atoms with Gasteiger partial charge in [0.05, 0.1) is 12.5 Å². The Labute approximate surface area is 153 Å². The molecule has 1 aliphatic rings. The van der Waals surface area contributed by atoms with E-state index in [1.54, 1.807) is 30.3 Å². The maximum atomic E-state index is 13.2. The summed E-state index contributed by atoms with van der Waals surface area (Å²) in [5, 5.41) is 10.7. The second kappa shape index (κ2) is 8.38. The Bertz CT molecular complexity index is 696. The Morgan fingerprint density at radius 3 is 2.52 bits per heavy atom. The molecule has 1 unspecified atom stereocenters. The smallest absolute Gasteiger partial charge is 0.416 e. The van der Waals surface area contributed by atoms with Crippen molar-refractivity contribution in [3.05, 3.63) is 35.9 Å². The van der Waals surface area contributed by atoms with Gasteiger partial charge in [0.1, 0.15) is 18.7 Å². The molecule has 10 heteroatoms. The van der Waals surface area contributed by atoms with Crippen LogP contribution >= 0.6 is 0 Å². The van der Waals surface area contributed by atoms with Crippen LogP contribution in [0.15, 0.2) is 30.3 Å². The van der Waals surface area contributed by atoms with Gasteiger partial charge >= 0.3 is 18.2 Å². The lowest BCUT2D eigenvalue weighted by Crippen LogP contribution is -2.52. The Balaban J connectivity index is 2.11. The summed E-state index contributed by atoms with van der Waals surface area (Å²) in [6, 6.07) is 4.19. The minimum absolute atomic E-state index is 0.116. The molecule has 1 aliphatic heterocycles. The van der Waals surface area contributed by atoms with Gasteiger partial charge in [0.25, 0.3) is 0 Å². The number of halogens is 3. The summed E-state index contributed by atoms with van der Waals surface area (Å²) >= 11 is 0. The maximum absolute atomic E-state index is 13.2. The number of nitrogens with one attached hydrogen (secondary N) is 1. The summed E-state index contributed by atoms with van der Waals surface area (Å²) in [7, 11) is 0. The highest BCUT2D eigenvalue weighted by Crippen LogP contribution is 2.26. The Hall–Kier alpha value is -2.62. The van der Waals surface area contributed by atoms with E-state index in [-0.39, 0.29) is 13.0 Å². The van der Waals surface area contributed by atoms with Crippen LogP contribution in [0.4, 0.5) is 18.0 Å². The van der Waals surface area contributed by atoms with Gasteiger partial charge in [-0.1, -0.05) is 30.3 Å². The molecule has 3 atom stereocenters. The van der Waals surface area contributed by atoms with Gasteiger partial charge in [0, 0.05) is 0 Å². The first kappa shape index (κ1) is 20.7. The highest BCUT2D eigenvalue weighted by Gasteiger charge is 2.46. The second-order valence-corrected chi connectivity index (χ2v) is 6.21. The number of carboxylic acids is 1. The number of hydrogen-bond acceptors (Lipinski definition) is 5. The number of hydrogen-bond donors (Lipinski definition) is 2. The zero-order valence-electron chi connectivity index (χ0n) is 14.4. The molecular formula is C17H19F3N2O5. The van der Waals surface area contributed by atoms with E-state index in [9.17, 15) is 27.6 Å². The van der Waals surface area contributed by atoms with Crippen molar-refractivity contribution in [2.75, 3.05) is 6.61 Å². The van der Waals surface area contributed by atoms with Gasteiger partial charge in [-0.3, -0.25) is 14.9 Å². The van der Waals surface area contributed by atoms with E-state index < -0.39 is 48.7 Å². The standard InChI is InChI=1S/C17H19F3N2O5/c1-10(15(24)25)21-13(17(18,19)20)8-14(23)22-12(9-27-16(22)26)7-11-5-3-2-4-6-11/h2-6,10,12-13,21H,7-9H2,1H3,(H,24,25)/t10-,12-,13?/m0/s1. The summed E-state index contributed by atoms with van der Waals surface area (Å²) in [6.07, 6.45) is -6.74. The number of carbonyl (C=O) groups excluding carboxylic acids is 2. The number of alkyl halides is 3. The van der Waals surface area contributed by atoms with Gasteiger partial charge in [-0.2, -0.15) is 13.2 Å². The summed E-state index contributed by atoms with van der Waals surface area (Å²) in [5.41, 5.74) is 0.795. The number of amides is 2. The summed E-state index contributed by atoms with van der Waals surface area (Å²) in [5.74, 6) is -2.56. The maximum Gasteiger partial charge on any atom is 0.416 e. The van der Waals surface area contributed by atoms with Crippen LogP contribution in [-0.2, 0) is 20.7 Å². The average Bonchev–Trinajstić information content (AvgIpc) is 2.94. The zero-order valence-corrected chi connectivity index (χ0v) is 14.4. The normalized spacial score (nSPS) is 19.5. The van der Waals surface area contributed by atoms with Gasteiger partial charge in [-0.15, -0.1) is 0 Å². The van der Waals surface area contributed by atoms with Crippen molar-refractivity contribution < 1.29 is 37.4 Å². The van der Waals surface area contributed by atoms with Crippen molar-refractivity contribution in [3.63, 3.8) is 0 Å². The number of benzene rings is 1. The van der Waals surface area contributed by atoms with Gasteiger partial charge in [0.2, 0.25) is 5.91 Å². The monoisotopic (exact) mass is 388 g/mol. The summed E-state index contributed by atoms with van der Waals surface area (Å²) in [6.45, 7) is 0.920. The van der Waals surface area contributed by atoms with Crippen LogP contribution in [0.5, 0.6) is 0 Å². The zero-order chi connectivity index (χ0) is 20.2. The first-order valence-electron chi connectivity index (χ1n) is 8.18. The first-order chi connectivity index (χ1) is 12.6. The fourth-order valence-electron chi connectivity index (χ4n) is 2.72. The predicted molar refractivity (Wildman–Crippen MR) is 86.8 cm³/mol. The number of ether oxygens (including phenoxy) is 1. The molecule has 2 rings (SSSR count). The van der Waals surface area contributed by atoms with E-state index in [1.165, 1.54) is 0 Å². The van der Waals surface area contributed by atoms with E-state index in [4.69, 9.17) is 9.84 Å². The van der Waals surface area contributed by atoms with Gasteiger partial charge in [-0.25, -0.2) is 9.69 Å². The van der Waals surface area contributed by atoms with Gasteiger partial charge in [-0.05, 0) is 18.9 Å². The van der Waals surface area contributed by atoms with Crippen molar-refractivity contribution in [3.8, 4) is 0 Å². The lowest BCUT2D eigenvalue weighted by molar-refractivity contribution is -0.167. The van der Waals surface area contributed by atoms with Crippen molar-refractivity contribution in [2.45, 2.75) is 44.1 Å². The highest BCUT2D eigenvalue weighted by atomic mass is 19.4. The molecule has 148 valence electrons. The van der Waals surface area contributed by atoms with Crippen LogP contribution in [0, 0.1) is 0 Å². The molecule has 0 aliphatic carbocycles. The molecule has 2 N–H and O–H groups in total. The van der Waals surface area contributed by atoms with E-state index in [0.717, 1.165) is 12.5 Å². The number of carbonyl (C=O) groups is 3. The molecule has 1 aromatic rings. The predicted octanol–water partition coefficient (Wildman–Crippen LogP) is 1.96. The van der Waals surface area contributed by atoms with Crippen LogP contribution in [0.3, 0.4) is 0 Å².